The van der Waals surface area contributed by atoms with Gasteiger partial charge >= 0.3 is 7.32 Å². The van der Waals surface area contributed by atoms with E-state index in [4.69, 9.17) is 14.0 Å². The summed E-state index contributed by atoms with van der Waals surface area (Å²) in [6.45, 7) is 0. The highest BCUT2D eigenvalue weighted by molar-refractivity contribution is 6.41. The molecule has 0 saturated heterocycles. The number of benzene rings is 7. The van der Waals surface area contributed by atoms with Crippen molar-refractivity contribution in [3.05, 3.63) is 150 Å². The molecule has 4 heteroatoms. The zero-order valence-electron chi connectivity index (χ0n) is 28.1. The van der Waals surface area contributed by atoms with E-state index in [2.05, 4.69) is 97.1 Å². The molecule has 0 unspecified atom stereocenters. The minimum absolute atomic E-state index is 0.707. The number of hydrogen-bond donors (Lipinski definition) is 0. The molecule has 1 aliphatic heterocycles. The standard InChI is InChI=1S/C46H37BO3/c1-4-14-30(15-5-1)39-28-34-26-24-32-18-10-12-22-37(32)41(34)45-43(39)44-40(31-16-6-2-7-17-31)29-35-27-25-33-19-11-13-23-38(33)42(35)46(44)50-47(49-45)48-36-20-8-3-9-21-36/h1-9,14-17,20-21,24-29H,10-13,18-19,22-23H2. The molecule has 0 N–H and O–H groups in total. The lowest BCUT2D eigenvalue weighted by molar-refractivity contribution is 0.315. The number of para-hydroxylation sites is 1. The maximum atomic E-state index is 7.22. The van der Waals surface area contributed by atoms with Crippen LogP contribution in [-0.4, -0.2) is 7.32 Å². The van der Waals surface area contributed by atoms with Crippen molar-refractivity contribution in [3.63, 3.8) is 0 Å². The van der Waals surface area contributed by atoms with Crippen LogP contribution in [0.4, 0.5) is 0 Å². The fourth-order valence-electron chi connectivity index (χ4n) is 8.72. The number of fused-ring (bicyclic) bond motifs is 11. The van der Waals surface area contributed by atoms with Crippen LogP contribution in [-0.2, 0) is 25.7 Å². The van der Waals surface area contributed by atoms with Crippen LogP contribution in [0.5, 0.6) is 17.2 Å². The van der Waals surface area contributed by atoms with E-state index in [1.807, 2.05) is 30.3 Å². The molecule has 0 aromatic heterocycles. The van der Waals surface area contributed by atoms with Crippen molar-refractivity contribution in [2.75, 3.05) is 0 Å². The molecule has 2 aliphatic carbocycles. The first kappa shape index (κ1) is 29.4. The van der Waals surface area contributed by atoms with Gasteiger partial charge in [0.2, 0.25) is 0 Å². The zero-order valence-corrected chi connectivity index (χ0v) is 28.1. The van der Waals surface area contributed by atoms with E-state index < -0.39 is 7.32 Å². The monoisotopic (exact) mass is 648 g/mol. The molecule has 7 aromatic carbocycles. The summed E-state index contributed by atoms with van der Waals surface area (Å²) in [6.07, 6.45) is 9.00. The summed E-state index contributed by atoms with van der Waals surface area (Å²) >= 11 is 0. The van der Waals surface area contributed by atoms with E-state index >= 15 is 0 Å². The van der Waals surface area contributed by atoms with Crippen molar-refractivity contribution in [2.45, 2.75) is 51.4 Å². The highest BCUT2D eigenvalue weighted by Gasteiger charge is 2.40. The largest absolute Gasteiger partial charge is 0.864 e. The second-order valence-electron chi connectivity index (χ2n) is 14.0. The predicted molar refractivity (Wildman–Crippen MR) is 205 cm³/mol. The molecule has 0 atom stereocenters. The van der Waals surface area contributed by atoms with Gasteiger partial charge in [-0.15, -0.1) is 0 Å². The smallest absolute Gasteiger partial charge is 0.490 e. The van der Waals surface area contributed by atoms with Gasteiger partial charge in [0.15, 0.2) is 0 Å². The summed E-state index contributed by atoms with van der Waals surface area (Å²) < 4.78 is 21.1. The lowest BCUT2D eigenvalue weighted by Crippen LogP contribution is -2.36. The maximum Gasteiger partial charge on any atom is 0.864 e. The quantitative estimate of drug-likeness (QED) is 0.178. The predicted octanol–water partition coefficient (Wildman–Crippen LogP) is 11.6. The number of rotatable bonds is 4. The van der Waals surface area contributed by atoms with Crippen LogP contribution in [0.25, 0.3) is 54.9 Å². The van der Waals surface area contributed by atoms with Crippen LogP contribution in [0.15, 0.2) is 127 Å². The molecule has 0 amide bonds. The lowest BCUT2D eigenvalue weighted by atomic mass is 9.80. The Kier molecular flexibility index (Phi) is 7.15. The molecule has 3 aliphatic rings. The average molecular weight is 649 g/mol. The van der Waals surface area contributed by atoms with E-state index in [1.54, 1.807) is 0 Å². The van der Waals surface area contributed by atoms with Gasteiger partial charge in [0.1, 0.15) is 17.2 Å². The molecule has 50 heavy (non-hydrogen) atoms. The number of hydrogen-bond acceptors (Lipinski definition) is 3. The van der Waals surface area contributed by atoms with Crippen LogP contribution in [0.2, 0.25) is 0 Å². The SMILES string of the molecule is c1ccc(OB2Oc3c(c(-c4ccccc4)cc4ccc5c(c34)CCCC5)-c3c(-c4ccccc4)cc4ccc5c(c4c3O2)CCCC5)cc1. The summed E-state index contributed by atoms with van der Waals surface area (Å²) in [4.78, 5) is 0. The van der Waals surface area contributed by atoms with E-state index in [9.17, 15) is 0 Å². The molecule has 10 rings (SSSR count). The van der Waals surface area contributed by atoms with Gasteiger partial charge in [-0.2, -0.15) is 0 Å². The third kappa shape index (κ3) is 4.88. The second-order valence-corrected chi connectivity index (χ2v) is 14.0. The fourth-order valence-corrected chi connectivity index (χ4v) is 8.72. The Morgan fingerprint density at radius 3 is 1.38 bits per heavy atom. The Balaban J connectivity index is 1.39. The first-order chi connectivity index (χ1) is 24.8. The Hall–Kier alpha value is -5.48. The molecule has 1 heterocycles. The lowest BCUT2D eigenvalue weighted by Gasteiger charge is -2.25. The zero-order chi connectivity index (χ0) is 33.0. The van der Waals surface area contributed by atoms with Gasteiger partial charge < -0.3 is 14.0 Å². The van der Waals surface area contributed by atoms with Crippen molar-refractivity contribution < 1.29 is 14.0 Å². The van der Waals surface area contributed by atoms with E-state index in [-0.39, 0.29) is 0 Å². The van der Waals surface area contributed by atoms with Gasteiger partial charge in [-0.25, -0.2) is 0 Å². The summed E-state index contributed by atoms with van der Waals surface area (Å²) in [5.74, 6) is 2.40. The first-order valence-corrected chi connectivity index (χ1v) is 18.2. The molecule has 7 aromatic rings. The summed E-state index contributed by atoms with van der Waals surface area (Å²) in [5.41, 5.74) is 12.3. The highest BCUT2D eigenvalue weighted by atomic mass is 16.7. The molecule has 3 nitrogen and oxygen atoms in total. The molecule has 0 bridgehead atoms. The first-order valence-electron chi connectivity index (χ1n) is 18.2. The highest BCUT2D eigenvalue weighted by Crippen LogP contribution is 2.56. The van der Waals surface area contributed by atoms with Crippen LogP contribution in [0, 0.1) is 0 Å². The van der Waals surface area contributed by atoms with Crippen molar-refractivity contribution >= 4 is 28.9 Å². The molecular weight excluding hydrogens is 611 g/mol. The Morgan fingerprint density at radius 1 is 0.460 bits per heavy atom. The average Bonchev–Trinajstić information content (AvgIpc) is 3.35. The van der Waals surface area contributed by atoms with E-state index in [0.717, 1.165) is 70.6 Å². The normalized spacial score (nSPS) is 14.8. The van der Waals surface area contributed by atoms with Gasteiger partial charge in [0.25, 0.3) is 0 Å². The summed E-state index contributed by atoms with van der Waals surface area (Å²) in [7, 11) is -1.00. The van der Waals surface area contributed by atoms with Gasteiger partial charge in [-0.3, -0.25) is 0 Å². The Labute approximate surface area is 293 Å². The molecule has 0 fully saturated rings. The third-order valence-electron chi connectivity index (χ3n) is 11.0. The molecule has 242 valence electrons. The minimum Gasteiger partial charge on any atom is -0.490 e. The maximum absolute atomic E-state index is 7.22. The van der Waals surface area contributed by atoms with E-state index in [0.29, 0.717) is 5.75 Å². The van der Waals surface area contributed by atoms with Gasteiger partial charge in [-0.1, -0.05) is 103 Å². The third-order valence-corrected chi connectivity index (χ3v) is 11.0. The summed E-state index contributed by atoms with van der Waals surface area (Å²) in [5, 5.41) is 4.74. The fraction of sp³-hybridized carbons (Fsp3) is 0.174. The minimum atomic E-state index is -1.00. The number of aryl methyl sites for hydroxylation is 4. The van der Waals surface area contributed by atoms with Gasteiger partial charge in [-0.05, 0) is 131 Å². The van der Waals surface area contributed by atoms with Crippen LogP contribution >= 0.6 is 0 Å². The van der Waals surface area contributed by atoms with Crippen LogP contribution in [0.3, 0.4) is 0 Å². The molecule has 0 radical (unpaired) electrons. The topological polar surface area (TPSA) is 27.7 Å². The van der Waals surface area contributed by atoms with Crippen molar-refractivity contribution in [2.24, 2.45) is 0 Å². The van der Waals surface area contributed by atoms with Gasteiger partial charge in [0.05, 0.1) is 0 Å². The Bertz CT molecular complexity index is 2250. The Morgan fingerprint density at radius 2 is 0.900 bits per heavy atom. The van der Waals surface area contributed by atoms with Crippen molar-refractivity contribution in [1.29, 1.82) is 0 Å². The van der Waals surface area contributed by atoms with Crippen LogP contribution in [0.1, 0.15) is 47.9 Å². The second kappa shape index (κ2) is 12.1. The van der Waals surface area contributed by atoms with Crippen molar-refractivity contribution in [3.8, 4) is 50.6 Å². The summed E-state index contributed by atoms with van der Waals surface area (Å²) in [6, 6.07) is 45.5. The molecular formula is C46H37BO3. The molecule has 0 spiro atoms. The van der Waals surface area contributed by atoms with Crippen LogP contribution < -0.4 is 14.0 Å². The van der Waals surface area contributed by atoms with E-state index in [1.165, 1.54) is 69.5 Å². The van der Waals surface area contributed by atoms with Crippen molar-refractivity contribution in [1.82, 2.24) is 0 Å². The molecule has 0 saturated carbocycles. The van der Waals surface area contributed by atoms with Gasteiger partial charge in [0, 0.05) is 21.9 Å².